The molecule has 2 nitrogen and oxygen atoms in total. The van der Waals surface area contributed by atoms with Crippen LogP contribution in [0.25, 0.3) is 0 Å². The normalized spacial score (nSPS) is 13.2. The summed E-state index contributed by atoms with van der Waals surface area (Å²) in [5, 5.41) is -0.147. The fourth-order valence-corrected chi connectivity index (χ4v) is 2.38. The molecule has 6 heteroatoms. The van der Waals surface area contributed by atoms with Crippen LogP contribution in [0.15, 0.2) is 0 Å². The van der Waals surface area contributed by atoms with E-state index in [1.54, 1.807) is 0 Å². The summed E-state index contributed by atoms with van der Waals surface area (Å²) in [4.78, 5) is 10.5. The van der Waals surface area contributed by atoms with Crippen molar-refractivity contribution in [2.75, 3.05) is 5.75 Å². The maximum Gasteiger partial charge on any atom is 0.204 e. The minimum atomic E-state index is -0.184. The van der Waals surface area contributed by atoms with Crippen molar-refractivity contribution < 1.29 is 4.79 Å². The number of hydrogen-bond acceptors (Lipinski definition) is 4. The van der Waals surface area contributed by atoms with Gasteiger partial charge in [0.2, 0.25) is 5.12 Å². The average molecular weight is 295 g/mol. The Labute approximate surface area is 82.6 Å². The lowest BCUT2D eigenvalue weighted by atomic mass is 10.4. The lowest BCUT2D eigenvalue weighted by molar-refractivity contribution is -0.111. The molecule has 0 spiro atoms. The highest BCUT2D eigenvalue weighted by molar-refractivity contribution is 14.1. The maximum atomic E-state index is 10.5. The van der Waals surface area contributed by atoms with Crippen molar-refractivity contribution in [3.63, 3.8) is 0 Å². The molecule has 0 aromatic carbocycles. The standard InChI is InChI=1S/C3H6INOS3/c4-5-2(1-9-8)3(6)7/h2,5,8H,1H2,(H,6,7)/t2-/m0/s1. The van der Waals surface area contributed by atoms with Crippen LogP contribution in [0.5, 0.6) is 0 Å². The van der Waals surface area contributed by atoms with Crippen LogP contribution >= 0.6 is 57.9 Å². The molecular weight excluding hydrogens is 289 g/mol. The molecule has 0 unspecified atom stereocenters. The Hall–Kier alpha value is 1.41. The molecule has 0 heterocycles. The number of carbonyl (C=O) groups is 1. The van der Waals surface area contributed by atoms with Crippen LogP contribution in [0.1, 0.15) is 0 Å². The van der Waals surface area contributed by atoms with Gasteiger partial charge in [-0.05, 0) is 0 Å². The van der Waals surface area contributed by atoms with E-state index >= 15 is 0 Å². The Morgan fingerprint density at radius 1 is 1.89 bits per heavy atom. The van der Waals surface area contributed by atoms with Gasteiger partial charge < -0.3 is 0 Å². The van der Waals surface area contributed by atoms with Crippen molar-refractivity contribution in [1.82, 2.24) is 3.53 Å². The molecule has 54 valence electrons. The highest BCUT2D eigenvalue weighted by atomic mass is 127. The van der Waals surface area contributed by atoms with Crippen molar-refractivity contribution in [1.29, 1.82) is 0 Å². The summed E-state index contributed by atoms with van der Waals surface area (Å²) in [6.45, 7) is 0. The fraction of sp³-hybridized carbons (Fsp3) is 0.667. The maximum absolute atomic E-state index is 10.5. The molecule has 9 heavy (non-hydrogen) atoms. The Morgan fingerprint density at radius 2 is 2.44 bits per heavy atom. The Morgan fingerprint density at radius 3 is 2.56 bits per heavy atom. The second kappa shape index (κ2) is 6.14. The molecule has 0 bridgehead atoms. The first kappa shape index (κ1) is 10.4. The van der Waals surface area contributed by atoms with Crippen molar-refractivity contribution >= 4 is 63.1 Å². The minimum absolute atomic E-state index is 0.147. The molecule has 0 amide bonds. The molecule has 0 rings (SSSR count). The summed E-state index contributed by atoms with van der Waals surface area (Å²) in [7, 11) is 1.32. The van der Waals surface area contributed by atoms with Crippen LogP contribution in [0.2, 0.25) is 0 Å². The number of nitrogens with one attached hydrogen (secondary N) is 1. The molecule has 0 aliphatic carbocycles. The van der Waals surface area contributed by atoms with Gasteiger partial charge in [0.15, 0.2) is 0 Å². The van der Waals surface area contributed by atoms with E-state index in [-0.39, 0.29) is 11.2 Å². The van der Waals surface area contributed by atoms with Gasteiger partial charge in [-0.2, -0.15) is 0 Å². The first-order valence-electron chi connectivity index (χ1n) is 2.07. The molecule has 0 saturated carbocycles. The Kier molecular flexibility index (Phi) is 7.10. The summed E-state index contributed by atoms with van der Waals surface area (Å²) < 4.78 is 2.78. The van der Waals surface area contributed by atoms with Crippen molar-refractivity contribution in [2.24, 2.45) is 0 Å². The summed E-state index contributed by atoms with van der Waals surface area (Å²) in [6, 6.07) is -0.184. The van der Waals surface area contributed by atoms with E-state index in [0.29, 0.717) is 5.75 Å². The summed E-state index contributed by atoms with van der Waals surface area (Å²) >= 11 is 9.47. The predicted octanol–water partition coefficient (Wildman–Crippen LogP) is 1.33. The molecule has 0 fully saturated rings. The highest BCUT2D eigenvalue weighted by Crippen LogP contribution is 2.09. The third-order valence-electron chi connectivity index (χ3n) is 0.671. The smallest absolute Gasteiger partial charge is 0.204 e. The Bertz CT molecular complexity index is 101. The number of thiol groups is 2. The van der Waals surface area contributed by atoms with Gasteiger partial charge in [-0.15, -0.1) is 24.3 Å². The van der Waals surface area contributed by atoms with Crippen molar-refractivity contribution in [3.05, 3.63) is 0 Å². The third-order valence-corrected chi connectivity index (χ3v) is 2.66. The van der Waals surface area contributed by atoms with E-state index in [2.05, 4.69) is 27.8 Å². The Balaban J connectivity index is 3.54. The number of hydrogen-bond donors (Lipinski definition) is 3. The van der Waals surface area contributed by atoms with Gasteiger partial charge in [0, 0.05) is 28.6 Å². The quantitative estimate of drug-likeness (QED) is 0.316. The fourth-order valence-electron chi connectivity index (χ4n) is 0.224. The zero-order chi connectivity index (χ0) is 7.28. The molecule has 1 atom stereocenters. The zero-order valence-electron chi connectivity index (χ0n) is 4.37. The molecule has 1 N–H and O–H groups in total. The topological polar surface area (TPSA) is 29.1 Å². The molecule has 0 aromatic rings. The number of halogens is 1. The summed E-state index contributed by atoms with van der Waals surface area (Å²) in [5.74, 6) is 0.647. The second-order valence-corrected chi connectivity index (χ2v) is 3.73. The van der Waals surface area contributed by atoms with Crippen LogP contribution in [-0.2, 0) is 4.79 Å². The van der Waals surface area contributed by atoms with Gasteiger partial charge in [-0.1, -0.05) is 10.8 Å². The van der Waals surface area contributed by atoms with E-state index < -0.39 is 0 Å². The summed E-state index contributed by atoms with van der Waals surface area (Å²) in [5.41, 5.74) is 0. The second-order valence-electron chi connectivity index (χ2n) is 1.30. The third kappa shape index (κ3) is 4.77. The molecule has 0 radical (unpaired) electrons. The first-order valence-corrected chi connectivity index (χ1v) is 5.64. The van der Waals surface area contributed by atoms with Gasteiger partial charge in [-0.25, -0.2) is 3.53 Å². The number of carbonyl (C=O) groups excluding carboxylic acids is 1. The van der Waals surface area contributed by atoms with E-state index in [1.807, 2.05) is 22.9 Å². The molecular formula is C3H6INOS3. The monoisotopic (exact) mass is 295 g/mol. The van der Waals surface area contributed by atoms with Crippen molar-refractivity contribution in [3.8, 4) is 0 Å². The van der Waals surface area contributed by atoms with Gasteiger partial charge in [0.1, 0.15) is 0 Å². The van der Waals surface area contributed by atoms with E-state index in [1.165, 1.54) is 10.8 Å². The predicted molar refractivity (Wildman–Crippen MR) is 56.4 cm³/mol. The van der Waals surface area contributed by atoms with Gasteiger partial charge >= 0.3 is 0 Å². The van der Waals surface area contributed by atoms with Crippen LogP contribution in [0.3, 0.4) is 0 Å². The largest absolute Gasteiger partial charge is 0.286 e. The van der Waals surface area contributed by atoms with Gasteiger partial charge in [-0.3, -0.25) is 4.79 Å². The van der Waals surface area contributed by atoms with Gasteiger partial charge in [0.05, 0.1) is 6.04 Å². The zero-order valence-corrected chi connectivity index (χ0v) is 9.14. The van der Waals surface area contributed by atoms with E-state index in [0.717, 1.165) is 0 Å². The summed E-state index contributed by atoms with van der Waals surface area (Å²) in [6.07, 6.45) is 0. The average Bonchev–Trinajstić information content (AvgIpc) is 1.82. The molecule has 0 aliphatic heterocycles. The lowest BCUT2D eigenvalue weighted by Gasteiger charge is -2.06. The van der Waals surface area contributed by atoms with Crippen LogP contribution in [0, 0.1) is 0 Å². The SMILES string of the molecule is O=C(S)[C@H](CSS)NI. The van der Waals surface area contributed by atoms with E-state index in [9.17, 15) is 4.79 Å². The highest BCUT2D eigenvalue weighted by Gasteiger charge is 2.11. The van der Waals surface area contributed by atoms with Gasteiger partial charge in [0.25, 0.3) is 0 Å². The van der Waals surface area contributed by atoms with Crippen LogP contribution in [-0.4, -0.2) is 16.9 Å². The van der Waals surface area contributed by atoms with Crippen LogP contribution < -0.4 is 3.53 Å². The number of rotatable bonds is 4. The molecule has 0 aliphatic rings. The minimum Gasteiger partial charge on any atom is -0.286 e. The first-order chi connectivity index (χ1) is 4.22. The van der Waals surface area contributed by atoms with Crippen molar-refractivity contribution in [2.45, 2.75) is 6.04 Å². The van der Waals surface area contributed by atoms with Crippen LogP contribution in [0.4, 0.5) is 0 Å². The lowest BCUT2D eigenvalue weighted by Crippen LogP contribution is -2.28. The molecule has 0 saturated heterocycles. The molecule has 0 aromatic heterocycles. The van der Waals surface area contributed by atoms with E-state index in [4.69, 9.17) is 0 Å².